The Labute approximate surface area is 169 Å². The van der Waals surface area contributed by atoms with E-state index in [4.69, 9.17) is 0 Å². The van der Waals surface area contributed by atoms with E-state index in [1.165, 1.54) is 30.3 Å². The first kappa shape index (κ1) is 23.1. The third-order valence-electron chi connectivity index (χ3n) is 4.92. The van der Waals surface area contributed by atoms with Gasteiger partial charge in [0.25, 0.3) is 0 Å². The summed E-state index contributed by atoms with van der Waals surface area (Å²) in [4.78, 5) is 0. The highest BCUT2D eigenvalue weighted by Gasteiger charge is 2.20. The molecule has 0 amide bonds. The summed E-state index contributed by atoms with van der Waals surface area (Å²) in [5, 5.41) is 0. The third-order valence-corrected chi connectivity index (χ3v) is 4.92. The second-order valence-corrected chi connectivity index (χ2v) is 7.13. The third kappa shape index (κ3) is 6.15. The molecule has 0 aliphatic carbocycles. The van der Waals surface area contributed by atoms with Crippen LogP contribution in [0.4, 0.5) is 22.0 Å². The maximum absolute atomic E-state index is 14.5. The molecule has 0 unspecified atom stereocenters. The molecule has 158 valence electrons. The van der Waals surface area contributed by atoms with Crippen LogP contribution in [0.1, 0.15) is 63.0 Å². The molecule has 0 atom stereocenters. The summed E-state index contributed by atoms with van der Waals surface area (Å²) in [6, 6.07) is 5.35. The van der Waals surface area contributed by atoms with Crippen molar-refractivity contribution in [2.75, 3.05) is 6.67 Å². The van der Waals surface area contributed by atoms with Crippen LogP contribution in [0.5, 0.6) is 0 Å². The van der Waals surface area contributed by atoms with Gasteiger partial charge in [0, 0.05) is 16.7 Å². The zero-order valence-corrected chi connectivity index (χ0v) is 16.7. The molecule has 0 aliphatic rings. The molecule has 29 heavy (non-hydrogen) atoms. The monoisotopic (exact) mass is 410 g/mol. The van der Waals surface area contributed by atoms with E-state index in [-0.39, 0.29) is 28.9 Å². The minimum atomic E-state index is -1.20. The molecule has 5 heteroatoms. The van der Waals surface area contributed by atoms with Gasteiger partial charge in [-0.1, -0.05) is 62.6 Å². The van der Waals surface area contributed by atoms with Gasteiger partial charge in [-0.2, -0.15) is 0 Å². The van der Waals surface area contributed by atoms with Crippen LogP contribution in [-0.2, 0) is 6.42 Å². The highest BCUT2D eigenvalue weighted by Crippen LogP contribution is 2.31. The van der Waals surface area contributed by atoms with Crippen molar-refractivity contribution in [2.24, 2.45) is 0 Å². The Bertz CT molecular complexity index is 827. The van der Waals surface area contributed by atoms with Crippen molar-refractivity contribution >= 4 is 6.08 Å². The van der Waals surface area contributed by atoms with Crippen molar-refractivity contribution in [3.63, 3.8) is 0 Å². The molecule has 2 aromatic rings. The molecule has 0 fully saturated rings. The first-order chi connectivity index (χ1) is 14.0. The van der Waals surface area contributed by atoms with E-state index in [2.05, 4.69) is 0 Å². The lowest BCUT2D eigenvalue weighted by Crippen LogP contribution is -2.00. The number of rotatable bonds is 11. The van der Waals surface area contributed by atoms with Crippen LogP contribution in [0.25, 0.3) is 17.2 Å². The number of benzene rings is 2. The van der Waals surface area contributed by atoms with Gasteiger partial charge in [-0.05, 0) is 37.7 Å². The lowest BCUT2D eigenvalue weighted by Gasteiger charge is -2.11. The molecule has 2 aromatic carbocycles. The van der Waals surface area contributed by atoms with E-state index in [1.54, 1.807) is 6.08 Å². The molecular weight excluding hydrogens is 383 g/mol. The predicted octanol–water partition coefficient (Wildman–Crippen LogP) is 8.19. The summed E-state index contributed by atoms with van der Waals surface area (Å²) in [5.74, 6) is -4.46. The largest absolute Gasteiger partial charge is 0.251 e. The zero-order valence-electron chi connectivity index (χ0n) is 16.7. The molecule has 0 aliphatic heterocycles. The Hall–Kier alpha value is -2.17. The van der Waals surface area contributed by atoms with E-state index in [0.29, 0.717) is 19.3 Å². The second kappa shape index (κ2) is 11.7. The Morgan fingerprint density at radius 3 is 2.07 bits per heavy atom. The normalized spacial score (nSPS) is 11.5. The Balaban J connectivity index is 2.16. The molecule has 0 heterocycles. The van der Waals surface area contributed by atoms with Crippen molar-refractivity contribution in [3.8, 4) is 11.1 Å². The van der Waals surface area contributed by atoms with Gasteiger partial charge in [-0.3, -0.25) is 4.39 Å². The number of unbranched alkanes of at least 4 members (excludes halogenated alkanes) is 5. The van der Waals surface area contributed by atoms with Crippen LogP contribution < -0.4 is 0 Å². The van der Waals surface area contributed by atoms with Crippen LogP contribution in [0.2, 0.25) is 0 Å². The molecule has 0 spiro atoms. The molecule has 0 radical (unpaired) electrons. The maximum atomic E-state index is 14.5. The van der Waals surface area contributed by atoms with Crippen molar-refractivity contribution in [1.82, 2.24) is 0 Å². The fraction of sp³-hybridized carbons (Fsp3) is 0.417. The van der Waals surface area contributed by atoms with Crippen LogP contribution >= 0.6 is 0 Å². The number of hydrogen-bond donors (Lipinski definition) is 0. The molecule has 0 bridgehead atoms. The van der Waals surface area contributed by atoms with Crippen LogP contribution in [0, 0.1) is 23.3 Å². The van der Waals surface area contributed by atoms with Gasteiger partial charge < -0.3 is 0 Å². The lowest BCUT2D eigenvalue weighted by molar-refractivity contribution is 0.453. The zero-order chi connectivity index (χ0) is 21.2. The molecule has 0 N–H and O–H groups in total. The minimum Gasteiger partial charge on any atom is -0.251 e. The van der Waals surface area contributed by atoms with E-state index < -0.39 is 23.3 Å². The van der Waals surface area contributed by atoms with E-state index >= 15 is 0 Å². The Morgan fingerprint density at radius 1 is 0.724 bits per heavy atom. The smallest absolute Gasteiger partial charge is 0.167 e. The Kier molecular flexibility index (Phi) is 9.36. The summed E-state index contributed by atoms with van der Waals surface area (Å²) >= 11 is 0. The van der Waals surface area contributed by atoms with Crippen molar-refractivity contribution in [3.05, 3.63) is 64.7 Å². The molecule has 0 nitrogen and oxygen atoms in total. The molecule has 0 saturated carbocycles. The van der Waals surface area contributed by atoms with E-state index in [9.17, 15) is 22.0 Å². The van der Waals surface area contributed by atoms with Gasteiger partial charge in [-0.25, -0.2) is 17.6 Å². The SMILES string of the molecule is CCCCc1ccc(-c2ccc(C=CCCCCCCF)c(F)c2F)c(F)c1F. The minimum absolute atomic E-state index is 0.0513. The average molecular weight is 410 g/mol. The van der Waals surface area contributed by atoms with Crippen molar-refractivity contribution in [1.29, 1.82) is 0 Å². The van der Waals surface area contributed by atoms with Crippen LogP contribution in [0.3, 0.4) is 0 Å². The summed E-state index contributed by atoms with van der Waals surface area (Å²) in [7, 11) is 0. The topological polar surface area (TPSA) is 0 Å². The number of hydrogen-bond acceptors (Lipinski definition) is 0. The van der Waals surface area contributed by atoms with Gasteiger partial charge in [0.2, 0.25) is 0 Å². The average Bonchev–Trinajstić information content (AvgIpc) is 2.72. The maximum Gasteiger partial charge on any atom is 0.167 e. The number of aryl methyl sites for hydroxylation is 1. The lowest BCUT2D eigenvalue weighted by atomic mass is 9.98. The first-order valence-corrected chi connectivity index (χ1v) is 10.2. The fourth-order valence-corrected chi connectivity index (χ4v) is 3.18. The van der Waals surface area contributed by atoms with E-state index in [1.807, 2.05) is 6.92 Å². The number of alkyl halides is 1. The standard InChI is InChI=1S/C24H27F5/c1-2-3-10-17-12-14-19(23(28)21(17)26)20-15-13-18(22(27)24(20)29)11-8-6-4-5-7-9-16-25/h8,11-15H,2-7,9-10,16H2,1H3. The summed E-state index contributed by atoms with van der Waals surface area (Å²) in [5.41, 5.74) is -0.303. The van der Waals surface area contributed by atoms with Gasteiger partial charge in [-0.15, -0.1) is 0 Å². The molecule has 0 aromatic heterocycles. The summed E-state index contributed by atoms with van der Waals surface area (Å²) in [6.45, 7) is 1.63. The molecule has 0 saturated heterocycles. The predicted molar refractivity (Wildman–Crippen MR) is 108 cm³/mol. The second-order valence-electron chi connectivity index (χ2n) is 7.13. The van der Waals surface area contributed by atoms with Crippen LogP contribution in [-0.4, -0.2) is 6.67 Å². The highest BCUT2D eigenvalue weighted by atomic mass is 19.2. The highest BCUT2D eigenvalue weighted by molar-refractivity contribution is 5.68. The first-order valence-electron chi connectivity index (χ1n) is 10.2. The molecular formula is C24H27F5. The van der Waals surface area contributed by atoms with Crippen LogP contribution in [0.15, 0.2) is 30.3 Å². The van der Waals surface area contributed by atoms with Crippen molar-refractivity contribution in [2.45, 2.75) is 58.3 Å². The van der Waals surface area contributed by atoms with Gasteiger partial charge in [0.15, 0.2) is 23.3 Å². The fourth-order valence-electron chi connectivity index (χ4n) is 3.18. The number of allylic oxidation sites excluding steroid dienone is 1. The summed E-state index contributed by atoms with van der Waals surface area (Å²) in [6.07, 6.45) is 8.91. The molecule has 2 rings (SSSR count). The van der Waals surface area contributed by atoms with E-state index in [0.717, 1.165) is 32.1 Å². The quantitative estimate of drug-likeness (QED) is 0.259. The van der Waals surface area contributed by atoms with Gasteiger partial charge in [0.05, 0.1) is 6.67 Å². The van der Waals surface area contributed by atoms with Gasteiger partial charge in [0.1, 0.15) is 0 Å². The summed E-state index contributed by atoms with van der Waals surface area (Å²) < 4.78 is 69.7. The Morgan fingerprint density at radius 2 is 1.38 bits per heavy atom. The number of halogens is 5. The van der Waals surface area contributed by atoms with Crippen molar-refractivity contribution < 1.29 is 22.0 Å². The van der Waals surface area contributed by atoms with Gasteiger partial charge >= 0.3 is 0 Å².